The minimum absolute atomic E-state index is 0.137. The molecule has 1 heterocycles. The summed E-state index contributed by atoms with van der Waals surface area (Å²) < 4.78 is 1.39. The molecule has 156 valence electrons. The van der Waals surface area contributed by atoms with Gasteiger partial charge in [-0.15, -0.1) is 0 Å². The van der Waals surface area contributed by atoms with Crippen molar-refractivity contribution in [3.05, 3.63) is 87.3 Å². The first-order valence-corrected chi connectivity index (χ1v) is 10.1. The molecule has 0 fully saturated rings. The van der Waals surface area contributed by atoms with Crippen LogP contribution in [0.1, 0.15) is 29.3 Å². The van der Waals surface area contributed by atoms with E-state index in [0.29, 0.717) is 23.6 Å². The summed E-state index contributed by atoms with van der Waals surface area (Å²) in [7, 11) is 0. The molecular weight excluding hydrogens is 378 g/mol. The van der Waals surface area contributed by atoms with Gasteiger partial charge in [0, 0.05) is 36.4 Å². The average Bonchev–Trinajstić information content (AvgIpc) is 2.78. The second kappa shape index (κ2) is 9.98. The van der Waals surface area contributed by atoms with E-state index in [4.69, 9.17) is 0 Å². The monoisotopic (exact) mass is 405 g/mol. The highest BCUT2D eigenvalue weighted by Crippen LogP contribution is 2.17. The molecule has 0 bridgehead atoms. The number of benzene rings is 2. The number of nitrogens with zero attached hydrogens (tertiary/aromatic N) is 2. The lowest BCUT2D eigenvalue weighted by atomic mass is 10.1. The van der Waals surface area contributed by atoms with E-state index in [9.17, 15) is 14.7 Å². The fraction of sp³-hybridized carbons (Fsp3) is 0.292. The Bertz CT molecular complexity index is 1060. The molecule has 6 nitrogen and oxygen atoms in total. The minimum Gasteiger partial charge on any atom is -0.396 e. The van der Waals surface area contributed by atoms with Crippen LogP contribution in [0.15, 0.2) is 59.4 Å². The van der Waals surface area contributed by atoms with E-state index in [2.05, 4.69) is 17.2 Å². The van der Waals surface area contributed by atoms with Crippen LogP contribution in [-0.2, 0) is 30.7 Å². The molecule has 0 aliphatic heterocycles. The molecule has 0 unspecified atom stereocenters. The Hall–Kier alpha value is -3.25. The number of carbonyl (C=O) groups is 1. The lowest BCUT2D eigenvalue weighted by Gasteiger charge is -2.16. The summed E-state index contributed by atoms with van der Waals surface area (Å²) in [6.45, 7) is 3.95. The number of aliphatic hydroxyl groups excluding tert-OH is 1. The van der Waals surface area contributed by atoms with Gasteiger partial charge in [-0.2, -0.15) is 0 Å². The lowest BCUT2D eigenvalue weighted by molar-refractivity contribution is -0.121. The number of nitrogens with one attached hydrogen (secondary N) is 1. The molecule has 0 saturated heterocycles. The zero-order valence-electron chi connectivity index (χ0n) is 17.4. The van der Waals surface area contributed by atoms with Crippen molar-refractivity contribution in [3.63, 3.8) is 0 Å². The fourth-order valence-corrected chi connectivity index (χ4v) is 3.35. The van der Waals surface area contributed by atoms with Crippen molar-refractivity contribution in [2.45, 2.75) is 39.8 Å². The largest absolute Gasteiger partial charge is 0.396 e. The van der Waals surface area contributed by atoms with Gasteiger partial charge in [0.05, 0.1) is 0 Å². The van der Waals surface area contributed by atoms with E-state index < -0.39 is 0 Å². The van der Waals surface area contributed by atoms with Crippen molar-refractivity contribution in [2.24, 2.45) is 0 Å². The van der Waals surface area contributed by atoms with Crippen LogP contribution < -0.4 is 10.9 Å². The first-order chi connectivity index (χ1) is 14.5. The third kappa shape index (κ3) is 5.02. The van der Waals surface area contributed by atoms with Gasteiger partial charge in [-0.25, -0.2) is 4.98 Å². The first-order valence-electron chi connectivity index (χ1n) is 10.1. The Morgan fingerprint density at radius 2 is 1.73 bits per heavy atom. The second-order valence-electron chi connectivity index (χ2n) is 7.18. The standard InChI is InChI=1S/C24H27N3O3/c1-3-18-9-11-19(12-10-18)15-25-22(29)16-27-23(20-7-5-4-6-8-20)26-17(2)21(13-14-28)24(27)30/h4-12,28H,3,13-16H2,1-2H3,(H,25,29). The van der Waals surface area contributed by atoms with Crippen molar-refractivity contribution < 1.29 is 9.90 Å². The molecule has 0 aliphatic rings. The van der Waals surface area contributed by atoms with Crippen LogP contribution in [0.3, 0.4) is 0 Å². The van der Waals surface area contributed by atoms with E-state index in [1.54, 1.807) is 6.92 Å². The molecule has 0 aliphatic carbocycles. The predicted octanol–water partition coefficient (Wildman–Crippen LogP) is 2.63. The summed E-state index contributed by atoms with van der Waals surface area (Å²) in [5.74, 6) is 0.177. The number of carbonyl (C=O) groups excluding carboxylic acids is 1. The molecular formula is C24H27N3O3. The highest BCUT2D eigenvalue weighted by molar-refractivity contribution is 5.76. The van der Waals surface area contributed by atoms with Gasteiger partial charge in [-0.3, -0.25) is 14.2 Å². The Kier molecular flexibility index (Phi) is 7.14. The summed E-state index contributed by atoms with van der Waals surface area (Å²) in [5.41, 5.74) is 3.71. The molecule has 0 saturated carbocycles. The molecule has 3 aromatic rings. The molecule has 0 atom stereocenters. The summed E-state index contributed by atoms with van der Waals surface area (Å²) in [5, 5.41) is 12.2. The van der Waals surface area contributed by atoms with Gasteiger partial charge in [0.25, 0.3) is 5.56 Å². The number of aliphatic hydroxyl groups is 1. The quantitative estimate of drug-likeness (QED) is 0.603. The SMILES string of the molecule is CCc1ccc(CNC(=O)Cn2c(-c3ccccc3)nc(C)c(CCO)c2=O)cc1. The third-order valence-corrected chi connectivity index (χ3v) is 5.09. The van der Waals surface area contributed by atoms with Crippen LogP contribution >= 0.6 is 0 Å². The number of amides is 1. The molecule has 6 heteroatoms. The molecule has 2 N–H and O–H groups in total. The summed E-state index contributed by atoms with van der Waals surface area (Å²) >= 11 is 0. The molecule has 1 aromatic heterocycles. The van der Waals surface area contributed by atoms with Crippen LogP contribution in [0.2, 0.25) is 0 Å². The zero-order valence-corrected chi connectivity index (χ0v) is 17.4. The smallest absolute Gasteiger partial charge is 0.257 e. The van der Waals surface area contributed by atoms with Crippen molar-refractivity contribution in [2.75, 3.05) is 6.61 Å². The van der Waals surface area contributed by atoms with E-state index in [1.165, 1.54) is 10.1 Å². The van der Waals surface area contributed by atoms with E-state index in [1.807, 2.05) is 54.6 Å². The van der Waals surface area contributed by atoms with Gasteiger partial charge < -0.3 is 10.4 Å². The highest BCUT2D eigenvalue weighted by Gasteiger charge is 2.17. The molecule has 0 radical (unpaired) electrons. The van der Waals surface area contributed by atoms with Crippen molar-refractivity contribution in [3.8, 4) is 11.4 Å². The molecule has 2 aromatic carbocycles. The summed E-state index contributed by atoms with van der Waals surface area (Å²) in [6, 6.07) is 17.4. The lowest BCUT2D eigenvalue weighted by Crippen LogP contribution is -2.35. The van der Waals surface area contributed by atoms with Crippen LogP contribution in [0.5, 0.6) is 0 Å². The second-order valence-corrected chi connectivity index (χ2v) is 7.18. The first kappa shape index (κ1) is 21.5. The van der Waals surface area contributed by atoms with E-state index in [-0.39, 0.29) is 31.0 Å². The van der Waals surface area contributed by atoms with Gasteiger partial charge in [0.1, 0.15) is 12.4 Å². The summed E-state index contributed by atoms with van der Waals surface area (Å²) in [4.78, 5) is 30.3. The normalized spacial score (nSPS) is 10.8. The maximum Gasteiger partial charge on any atom is 0.257 e. The molecule has 0 spiro atoms. The Morgan fingerprint density at radius 3 is 2.37 bits per heavy atom. The molecule has 3 rings (SSSR count). The Balaban J connectivity index is 1.86. The Morgan fingerprint density at radius 1 is 1.07 bits per heavy atom. The number of aryl methyl sites for hydroxylation is 2. The van der Waals surface area contributed by atoms with Gasteiger partial charge in [0.15, 0.2) is 0 Å². The van der Waals surface area contributed by atoms with Gasteiger partial charge >= 0.3 is 0 Å². The fourth-order valence-electron chi connectivity index (χ4n) is 3.35. The molecule has 30 heavy (non-hydrogen) atoms. The third-order valence-electron chi connectivity index (χ3n) is 5.09. The number of hydrogen-bond donors (Lipinski definition) is 2. The van der Waals surface area contributed by atoms with Crippen LogP contribution in [0, 0.1) is 6.92 Å². The summed E-state index contributed by atoms with van der Waals surface area (Å²) in [6.07, 6.45) is 1.17. The highest BCUT2D eigenvalue weighted by atomic mass is 16.3. The maximum atomic E-state index is 13.1. The minimum atomic E-state index is -0.294. The van der Waals surface area contributed by atoms with Crippen LogP contribution in [0.4, 0.5) is 0 Å². The number of aromatic nitrogens is 2. The van der Waals surface area contributed by atoms with Crippen molar-refractivity contribution >= 4 is 5.91 Å². The van der Waals surface area contributed by atoms with Crippen molar-refractivity contribution in [1.29, 1.82) is 0 Å². The van der Waals surface area contributed by atoms with Crippen molar-refractivity contribution in [1.82, 2.24) is 14.9 Å². The van der Waals surface area contributed by atoms with Gasteiger partial charge in [-0.05, 0) is 24.5 Å². The topological polar surface area (TPSA) is 84.2 Å². The average molecular weight is 405 g/mol. The zero-order chi connectivity index (χ0) is 21.5. The van der Waals surface area contributed by atoms with Gasteiger partial charge in [0.2, 0.25) is 5.91 Å². The predicted molar refractivity (Wildman–Crippen MR) is 117 cm³/mol. The van der Waals surface area contributed by atoms with Crippen LogP contribution in [-0.4, -0.2) is 27.2 Å². The molecule has 1 amide bonds. The maximum absolute atomic E-state index is 13.1. The van der Waals surface area contributed by atoms with Crippen LogP contribution in [0.25, 0.3) is 11.4 Å². The number of rotatable bonds is 8. The number of hydrogen-bond acceptors (Lipinski definition) is 4. The Labute approximate surface area is 176 Å². The van der Waals surface area contributed by atoms with Gasteiger partial charge in [-0.1, -0.05) is 61.5 Å². The van der Waals surface area contributed by atoms with E-state index in [0.717, 1.165) is 17.5 Å². The van der Waals surface area contributed by atoms with E-state index >= 15 is 0 Å².